The quantitative estimate of drug-likeness (QED) is 0.756. The van der Waals surface area contributed by atoms with Gasteiger partial charge in [0, 0.05) is 8.51 Å². The van der Waals surface area contributed by atoms with Crippen LogP contribution >= 0.6 is 25.1 Å². The molecule has 12 heavy (non-hydrogen) atoms. The molecule has 4 nitrogen and oxygen atoms in total. The molecule has 0 bridgehead atoms. The van der Waals surface area contributed by atoms with Gasteiger partial charge in [0.15, 0.2) is 0 Å². The van der Waals surface area contributed by atoms with Gasteiger partial charge in [0.2, 0.25) is 8.08 Å². The van der Waals surface area contributed by atoms with Crippen molar-refractivity contribution >= 4 is 25.1 Å². The van der Waals surface area contributed by atoms with E-state index in [-0.39, 0.29) is 0 Å². The fraction of sp³-hybridized carbons (Fsp3) is 1.00. The van der Waals surface area contributed by atoms with Crippen LogP contribution in [0.4, 0.5) is 0 Å². The molecule has 0 radical (unpaired) electrons. The van der Waals surface area contributed by atoms with E-state index in [9.17, 15) is 0 Å². The molecule has 0 saturated carbocycles. The van der Waals surface area contributed by atoms with Gasteiger partial charge in [-0.1, -0.05) is 19.8 Å². The van der Waals surface area contributed by atoms with Crippen molar-refractivity contribution in [1.82, 2.24) is 13.5 Å². The average molecular weight is 225 g/mol. The first kappa shape index (κ1) is 10.3. The van der Waals surface area contributed by atoms with Crippen LogP contribution in [-0.4, -0.2) is 20.1 Å². The van der Waals surface area contributed by atoms with Gasteiger partial charge in [-0.3, -0.25) is 4.51 Å². The average Bonchev–Trinajstić information content (AvgIpc) is 2.14. The lowest BCUT2D eigenvalue weighted by Gasteiger charge is -2.00. The lowest BCUT2D eigenvalue weighted by Crippen LogP contribution is -1.95. The molecule has 2 unspecified atom stereocenters. The summed E-state index contributed by atoms with van der Waals surface area (Å²) in [5.41, 5.74) is 0. The molecule has 1 aromatic rings. The van der Waals surface area contributed by atoms with Crippen molar-refractivity contribution in [3.63, 3.8) is 0 Å². The predicted octanol–water partition coefficient (Wildman–Crippen LogP) is 3.08. The summed E-state index contributed by atoms with van der Waals surface area (Å²) >= 11 is 0. The van der Waals surface area contributed by atoms with E-state index in [0.717, 1.165) is 21.5 Å². The first-order chi connectivity index (χ1) is 5.93. The second-order valence-electron chi connectivity index (χ2n) is 2.35. The Labute approximate surface area is 76.5 Å². The Hall–Kier alpha value is 0.260. The molecule has 0 fully saturated rings. The molecular formula is C5H14N3OP3. The number of hydrogen-bond acceptors (Lipinski definition) is 2. The predicted molar refractivity (Wildman–Crippen MR) is 56.3 cm³/mol. The van der Waals surface area contributed by atoms with Crippen LogP contribution in [0.5, 0.6) is 0 Å². The van der Waals surface area contributed by atoms with Crippen LogP contribution in [0.1, 0.15) is 26.2 Å². The zero-order chi connectivity index (χ0) is 8.65. The molecule has 0 aliphatic heterocycles. The third kappa shape index (κ3) is 4.33. The molecule has 1 aromatic heterocycles. The maximum atomic E-state index is 5.53. The monoisotopic (exact) mass is 225 g/mol. The maximum Gasteiger partial charge on any atom is 0.203 e. The summed E-state index contributed by atoms with van der Waals surface area (Å²) in [6.45, 7) is 3.04. The van der Waals surface area contributed by atoms with Crippen LogP contribution in [-0.2, 0) is 0 Å². The van der Waals surface area contributed by atoms with Crippen molar-refractivity contribution in [2.75, 3.05) is 6.61 Å². The van der Waals surface area contributed by atoms with Gasteiger partial charge in [-0.25, -0.2) is 0 Å². The second-order valence-corrected chi connectivity index (χ2v) is 6.11. The minimum Gasteiger partial charge on any atom is -0.303 e. The van der Waals surface area contributed by atoms with Crippen LogP contribution < -0.4 is 4.52 Å². The van der Waals surface area contributed by atoms with Crippen LogP contribution in [0.3, 0.4) is 0 Å². The van der Waals surface area contributed by atoms with Crippen molar-refractivity contribution in [2.24, 2.45) is 0 Å². The standard InChI is InChI=1S/C5H14N3OP3/c1-2-3-4-5-9-12-7-10-6-11-8-12/h7,10H,2-5H2,1H3,(H,6,8). The minimum absolute atomic E-state index is 0.592. The van der Waals surface area contributed by atoms with Crippen molar-refractivity contribution in [3.8, 4) is 0 Å². The number of nitrogens with zero attached hydrogens (tertiary/aromatic N) is 1. The Balaban J connectivity index is 2.16. The van der Waals surface area contributed by atoms with Crippen molar-refractivity contribution in [3.05, 3.63) is 0 Å². The van der Waals surface area contributed by atoms with E-state index >= 15 is 0 Å². The summed E-state index contributed by atoms with van der Waals surface area (Å²) < 4.78 is 16.0. The summed E-state index contributed by atoms with van der Waals surface area (Å²) in [4.78, 5) is 0. The summed E-state index contributed by atoms with van der Waals surface area (Å²) in [5, 5.41) is 0. The molecule has 70 valence electrons. The fourth-order valence-electron chi connectivity index (χ4n) is 0.744. The molecular weight excluding hydrogens is 211 g/mol. The zero-order valence-electron chi connectivity index (χ0n) is 7.08. The van der Waals surface area contributed by atoms with Crippen molar-refractivity contribution < 1.29 is 4.52 Å². The van der Waals surface area contributed by atoms with Gasteiger partial charge < -0.3 is 9.03 Å². The maximum absolute atomic E-state index is 5.53. The Morgan fingerprint density at radius 1 is 1.58 bits per heavy atom. The third-order valence-corrected chi connectivity index (χ3v) is 4.84. The molecule has 0 aliphatic carbocycles. The molecule has 2 N–H and O–H groups in total. The number of rotatable bonds is 5. The molecule has 1 heterocycles. The Kier molecular flexibility index (Phi) is 5.81. The van der Waals surface area contributed by atoms with E-state index in [1.165, 1.54) is 12.8 Å². The number of H-pyrrole nitrogens is 2. The van der Waals surface area contributed by atoms with Crippen LogP contribution in [0.2, 0.25) is 0 Å². The molecule has 0 amide bonds. The Bertz CT molecular complexity index is 210. The summed E-state index contributed by atoms with van der Waals surface area (Å²) in [6, 6.07) is 0. The zero-order valence-corrected chi connectivity index (χ0v) is 9.87. The number of aromatic amines is 2. The van der Waals surface area contributed by atoms with Crippen molar-refractivity contribution in [2.45, 2.75) is 26.2 Å². The lowest BCUT2D eigenvalue weighted by atomic mass is 10.3. The highest BCUT2D eigenvalue weighted by molar-refractivity contribution is 7.50. The Morgan fingerprint density at radius 2 is 2.50 bits per heavy atom. The smallest absolute Gasteiger partial charge is 0.203 e. The van der Waals surface area contributed by atoms with Gasteiger partial charge in [-0.2, -0.15) is 4.51 Å². The van der Waals surface area contributed by atoms with Crippen molar-refractivity contribution in [1.29, 1.82) is 0 Å². The largest absolute Gasteiger partial charge is 0.303 e. The summed E-state index contributed by atoms with van der Waals surface area (Å²) in [5.74, 6) is 0. The highest BCUT2D eigenvalue weighted by Gasteiger charge is 1.91. The number of unbranched alkanes of at least 4 members (excludes halogenated alkanes) is 2. The van der Waals surface area contributed by atoms with Gasteiger partial charge in [-0.15, -0.1) is 0 Å². The molecule has 1 rings (SSSR count). The molecule has 0 aromatic carbocycles. The molecule has 0 saturated heterocycles. The summed E-state index contributed by atoms with van der Waals surface area (Å²) in [6.07, 6.45) is 3.65. The highest BCUT2D eigenvalue weighted by atomic mass is 31.2. The second kappa shape index (κ2) is 6.74. The lowest BCUT2D eigenvalue weighted by molar-refractivity contribution is 0.402. The first-order valence-electron chi connectivity index (χ1n) is 4.03. The van der Waals surface area contributed by atoms with E-state index in [4.69, 9.17) is 4.52 Å². The van der Waals surface area contributed by atoms with E-state index in [2.05, 4.69) is 20.5 Å². The van der Waals surface area contributed by atoms with Crippen LogP contribution in [0, 0.1) is 0 Å². The number of aromatic nitrogens is 3. The molecule has 0 spiro atoms. The van der Waals surface area contributed by atoms with E-state index in [0.29, 0.717) is 8.51 Å². The van der Waals surface area contributed by atoms with Gasteiger partial charge in [0.25, 0.3) is 0 Å². The molecule has 7 heteroatoms. The number of hydrogen-bond donors (Lipinski definition) is 2. The normalized spacial score (nSPS) is 12.9. The fourth-order valence-corrected chi connectivity index (χ4v) is 4.23. The number of nitrogens with one attached hydrogen (secondary N) is 2. The summed E-state index contributed by atoms with van der Waals surface area (Å²) in [7, 11) is 0.875. The van der Waals surface area contributed by atoms with Crippen LogP contribution in [0.15, 0.2) is 0 Å². The highest BCUT2D eigenvalue weighted by Crippen LogP contribution is 2.18. The first-order valence-corrected chi connectivity index (χ1v) is 7.09. The minimum atomic E-state index is -0.676. The van der Waals surface area contributed by atoms with E-state index in [1.54, 1.807) is 0 Å². The Morgan fingerprint density at radius 3 is 3.17 bits per heavy atom. The van der Waals surface area contributed by atoms with Gasteiger partial charge in [-0.05, 0) is 6.42 Å². The molecule has 2 atom stereocenters. The SMILES string of the molecule is CCCCCOp1np[nH][pH][nH]1. The topological polar surface area (TPSA) is 53.7 Å². The third-order valence-electron chi connectivity index (χ3n) is 1.34. The van der Waals surface area contributed by atoms with Gasteiger partial charge in [0.05, 0.1) is 6.61 Å². The van der Waals surface area contributed by atoms with E-state index in [1.807, 2.05) is 0 Å². The molecule has 0 aliphatic rings. The van der Waals surface area contributed by atoms with Gasteiger partial charge in [0.1, 0.15) is 8.51 Å². The van der Waals surface area contributed by atoms with E-state index < -0.39 is 8.08 Å². The van der Waals surface area contributed by atoms with Gasteiger partial charge >= 0.3 is 0 Å². The van der Waals surface area contributed by atoms with Crippen LogP contribution in [0.25, 0.3) is 0 Å².